The number of tetrazole rings is 1. The first kappa shape index (κ1) is 22.2. The molecule has 4 aromatic rings. The van der Waals surface area contributed by atoms with Crippen LogP contribution in [-0.4, -0.2) is 51.1 Å². The number of nitrogens with zero attached hydrogens (tertiary/aromatic N) is 5. The lowest BCUT2D eigenvalue weighted by Crippen LogP contribution is -2.14. The minimum atomic E-state index is -0.176. The van der Waals surface area contributed by atoms with Crippen molar-refractivity contribution in [2.45, 2.75) is 18.1 Å². The Balaban J connectivity index is 1.33. The van der Waals surface area contributed by atoms with Crippen molar-refractivity contribution >= 4 is 45.5 Å². The maximum absolute atomic E-state index is 12.4. The van der Waals surface area contributed by atoms with E-state index >= 15 is 0 Å². The fourth-order valence-corrected chi connectivity index (χ4v) is 4.99. The second kappa shape index (κ2) is 10.6. The standard InChI is InChI=1S/C20H20N6O3S3/c1-28-13-5-6-15(17(10-13)29-2)16-11-31-19(21-16)22-18(27)12-32-20-23-24-25-26(20)8-7-14-4-3-9-30-14/h3-6,9-11H,7-8,12H2,1-2H3,(H,21,22,27). The second-order valence-electron chi connectivity index (χ2n) is 6.45. The first-order chi connectivity index (χ1) is 15.7. The molecule has 0 saturated heterocycles. The molecule has 4 rings (SSSR count). The Bertz CT molecular complexity index is 1180. The lowest BCUT2D eigenvalue weighted by Gasteiger charge is -2.08. The number of anilines is 1. The third-order valence-corrected chi connectivity index (χ3v) is 7.07. The molecule has 0 unspecified atom stereocenters. The smallest absolute Gasteiger partial charge is 0.236 e. The highest BCUT2D eigenvalue weighted by Gasteiger charge is 2.14. The third kappa shape index (κ3) is 5.44. The fraction of sp³-hybridized carbons (Fsp3) is 0.250. The average Bonchev–Trinajstić information content (AvgIpc) is 3.58. The van der Waals surface area contributed by atoms with Crippen molar-refractivity contribution in [1.82, 2.24) is 25.2 Å². The van der Waals surface area contributed by atoms with Gasteiger partial charge in [-0.2, -0.15) is 0 Å². The number of carbonyl (C=O) groups excluding carboxylic acids is 1. The molecule has 0 spiro atoms. The molecular formula is C20H20N6O3S3. The Morgan fingerprint density at radius 2 is 2.12 bits per heavy atom. The van der Waals surface area contributed by atoms with E-state index < -0.39 is 0 Å². The lowest BCUT2D eigenvalue weighted by molar-refractivity contribution is -0.113. The van der Waals surface area contributed by atoms with Crippen LogP contribution in [0.25, 0.3) is 11.3 Å². The quantitative estimate of drug-likeness (QED) is 0.336. The maximum Gasteiger partial charge on any atom is 0.236 e. The summed E-state index contributed by atoms with van der Waals surface area (Å²) in [5.74, 6) is 1.35. The number of benzene rings is 1. The Labute approximate surface area is 196 Å². The summed E-state index contributed by atoms with van der Waals surface area (Å²) in [6.45, 7) is 0.664. The number of thiophene rings is 1. The molecule has 0 aliphatic heterocycles. The molecule has 166 valence electrons. The molecule has 3 aromatic heterocycles. The molecule has 9 nitrogen and oxygen atoms in total. The summed E-state index contributed by atoms with van der Waals surface area (Å²) < 4.78 is 12.4. The van der Waals surface area contributed by atoms with Gasteiger partial charge in [0.25, 0.3) is 0 Å². The average molecular weight is 489 g/mol. The van der Waals surface area contributed by atoms with Gasteiger partial charge in [0.05, 0.1) is 32.2 Å². The summed E-state index contributed by atoms with van der Waals surface area (Å²) in [4.78, 5) is 18.2. The van der Waals surface area contributed by atoms with E-state index in [1.165, 1.54) is 28.0 Å². The highest BCUT2D eigenvalue weighted by Crippen LogP contribution is 2.34. The van der Waals surface area contributed by atoms with E-state index in [9.17, 15) is 4.79 Å². The summed E-state index contributed by atoms with van der Waals surface area (Å²) in [6, 6.07) is 9.62. The van der Waals surface area contributed by atoms with E-state index in [-0.39, 0.29) is 11.7 Å². The first-order valence-electron chi connectivity index (χ1n) is 9.55. The number of thioether (sulfide) groups is 1. The predicted molar refractivity (Wildman–Crippen MR) is 126 cm³/mol. The molecule has 1 aromatic carbocycles. The van der Waals surface area contributed by atoms with E-state index in [1.807, 2.05) is 29.0 Å². The molecule has 0 aliphatic rings. The molecular weight excluding hydrogens is 468 g/mol. The van der Waals surface area contributed by atoms with Crippen LogP contribution in [0.5, 0.6) is 11.5 Å². The van der Waals surface area contributed by atoms with E-state index in [2.05, 4.69) is 31.9 Å². The van der Waals surface area contributed by atoms with Crippen molar-refractivity contribution in [3.05, 3.63) is 46.0 Å². The van der Waals surface area contributed by atoms with Gasteiger partial charge in [0.2, 0.25) is 11.1 Å². The fourth-order valence-electron chi connectivity index (χ4n) is 2.86. The monoisotopic (exact) mass is 488 g/mol. The molecule has 1 N–H and O–H groups in total. The zero-order valence-corrected chi connectivity index (χ0v) is 19.8. The molecule has 0 fully saturated rings. The van der Waals surface area contributed by atoms with Crippen LogP contribution in [0.2, 0.25) is 0 Å². The van der Waals surface area contributed by atoms with Crippen LogP contribution >= 0.6 is 34.4 Å². The molecule has 3 heterocycles. The van der Waals surface area contributed by atoms with Gasteiger partial charge in [0.15, 0.2) is 5.13 Å². The van der Waals surface area contributed by atoms with Gasteiger partial charge in [-0.1, -0.05) is 17.8 Å². The van der Waals surface area contributed by atoms with Crippen molar-refractivity contribution in [3.63, 3.8) is 0 Å². The van der Waals surface area contributed by atoms with Gasteiger partial charge in [0, 0.05) is 28.3 Å². The predicted octanol–water partition coefficient (Wildman–Crippen LogP) is 3.85. The van der Waals surface area contributed by atoms with E-state index in [4.69, 9.17) is 9.47 Å². The van der Waals surface area contributed by atoms with Crippen molar-refractivity contribution in [3.8, 4) is 22.8 Å². The minimum absolute atomic E-state index is 0.176. The summed E-state index contributed by atoms with van der Waals surface area (Å²) in [5.41, 5.74) is 1.54. The second-order valence-corrected chi connectivity index (χ2v) is 9.29. The lowest BCUT2D eigenvalue weighted by atomic mass is 10.1. The molecule has 0 bridgehead atoms. The van der Waals surface area contributed by atoms with Gasteiger partial charge in [-0.15, -0.1) is 27.8 Å². The minimum Gasteiger partial charge on any atom is -0.497 e. The molecule has 0 radical (unpaired) electrons. The number of carbonyl (C=O) groups is 1. The number of hydrogen-bond donors (Lipinski definition) is 1. The molecule has 12 heteroatoms. The first-order valence-corrected chi connectivity index (χ1v) is 12.3. The molecule has 0 atom stereocenters. The van der Waals surface area contributed by atoms with Gasteiger partial charge >= 0.3 is 0 Å². The van der Waals surface area contributed by atoms with Crippen LogP contribution in [0.1, 0.15) is 4.88 Å². The zero-order chi connectivity index (χ0) is 22.3. The SMILES string of the molecule is COc1ccc(-c2csc(NC(=O)CSc3nnnn3CCc3cccs3)n2)c(OC)c1. The number of rotatable bonds is 10. The highest BCUT2D eigenvalue weighted by molar-refractivity contribution is 7.99. The number of amides is 1. The van der Waals surface area contributed by atoms with E-state index in [0.717, 1.165) is 17.7 Å². The van der Waals surface area contributed by atoms with Crippen LogP contribution in [0.4, 0.5) is 5.13 Å². The number of ether oxygens (including phenoxy) is 2. The molecule has 0 aliphatic carbocycles. The third-order valence-electron chi connectivity index (χ3n) is 4.42. The van der Waals surface area contributed by atoms with Gasteiger partial charge in [0.1, 0.15) is 11.5 Å². The summed E-state index contributed by atoms with van der Waals surface area (Å²) in [7, 11) is 3.20. The highest BCUT2D eigenvalue weighted by atomic mass is 32.2. The van der Waals surface area contributed by atoms with Crippen molar-refractivity contribution in [2.75, 3.05) is 25.3 Å². The van der Waals surface area contributed by atoms with Crippen molar-refractivity contribution in [2.24, 2.45) is 0 Å². The van der Waals surface area contributed by atoms with Crippen molar-refractivity contribution in [1.29, 1.82) is 0 Å². The molecule has 32 heavy (non-hydrogen) atoms. The largest absolute Gasteiger partial charge is 0.497 e. The van der Waals surface area contributed by atoms with Gasteiger partial charge in [-0.25, -0.2) is 9.67 Å². The Morgan fingerprint density at radius 1 is 1.22 bits per heavy atom. The molecule has 0 saturated carbocycles. The van der Waals surface area contributed by atoms with Crippen LogP contribution < -0.4 is 14.8 Å². The maximum atomic E-state index is 12.4. The Kier molecular flexibility index (Phi) is 7.35. The van der Waals surface area contributed by atoms with Crippen LogP contribution in [0.3, 0.4) is 0 Å². The number of thiazole rings is 1. The van der Waals surface area contributed by atoms with Crippen LogP contribution in [-0.2, 0) is 17.8 Å². The number of aromatic nitrogens is 5. The topological polar surface area (TPSA) is 104 Å². The van der Waals surface area contributed by atoms with Gasteiger partial charge in [-0.3, -0.25) is 4.79 Å². The number of methoxy groups -OCH3 is 2. The number of aryl methyl sites for hydroxylation is 2. The molecule has 1 amide bonds. The Morgan fingerprint density at radius 3 is 2.91 bits per heavy atom. The summed E-state index contributed by atoms with van der Waals surface area (Å²) in [6.07, 6.45) is 0.846. The van der Waals surface area contributed by atoms with Crippen LogP contribution in [0.15, 0.2) is 46.2 Å². The van der Waals surface area contributed by atoms with Gasteiger partial charge < -0.3 is 14.8 Å². The Hall–Kier alpha value is -2.96. The number of hydrogen-bond acceptors (Lipinski definition) is 10. The van der Waals surface area contributed by atoms with E-state index in [1.54, 1.807) is 36.3 Å². The summed E-state index contributed by atoms with van der Waals surface area (Å²) in [5, 5.41) is 19.7. The van der Waals surface area contributed by atoms with E-state index in [0.29, 0.717) is 28.3 Å². The zero-order valence-electron chi connectivity index (χ0n) is 17.3. The van der Waals surface area contributed by atoms with Gasteiger partial charge in [-0.05, 0) is 34.0 Å². The normalized spacial score (nSPS) is 10.8. The van der Waals surface area contributed by atoms with Crippen molar-refractivity contribution < 1.29 is 14.3 Å². The van der Waals surface area contributed by atoms with Crippen LogP contribution in [0, 0.1) is 0 Å². The summed E-state index contributed by atoms with van der Waals surface area (Å²) >= 11 is 4.35. The number of nitrogens with one attached hydrogen (secondary N) is 1.